The first-order valence-electron chi connectivity index (χ1n) is 20.6. The average molecular weight is 715 g/mol. The highest BCUT2D eigenvalue weighted by Gasteiger charge is 2.39. The molecule has 0 fully saturated rings. The lowest BCUT2D eigenvalue weighted by Crippen LogP contribution is -2.50. The van der Waals surface area contributed by atoms with Crippen molar-refractivity contribution in [2.75, 3.05) is 52.4 Å². The van der Waals surface area contributed by atoms with E-state index in [2.05, 4.69) is 113 Å². The number of nitrogens with one attached hydrogen (secondary N) is 2. The zero-order valence-electron chi connectivity index (χ0n) is 32.3. The van der Waals surface area contributed by atoms with Gasteiger partial charge in [0.25, 0.3) is 0 Å². The summed E-state index contributed by atoms with van der Waals surface area (Å²) in [7, 11) is 0. The molecule has 0 spiro atoms. The van der Waals surface area contributed by atoms with E-state index in [1.54, 1.807) is 0 Å². The molecule has 0 radical (unpaired) electrons. The standard InChI is InChI=1S/C45H58N6O2/c1-5-9-19-50-29-33(23-37-35-16-14-18-38-42(35)30(26-46-38)24-40(37)50)45(53)49(8-4)20-11-10-12-21-51-28-32(44(52)48(6-2)7-3)22-36-34-15-13-17-39-43(34)31(27-47-39)25-41(36)51/h13-18,22-23,26-27,32-33,40-41,46-47H,5-12,19-21,24-25,28-29H2,1-4H3/t32-,33-,40-,41-/m1/s1. The van der Waals surface area contributed by atoms with Crippen LogP contribution in [-0.4, -0.2) is 106 Å². The number of amides is 2. The molecule has 8 rings (SSSR count). The Kier molecular flexibility index (Phi) is 10.4. The number of nitrogens with zero attached hydrogens (tertiary/aromatic N) is 4. The van der Waals surface area contributed by atoms with Crippen LogP contribution in [0.2, 0.25) is 0 Å². The van der Waals surface area contributed by atoms with E-state index in [0.717, 1.165) is 97.3 Å². The Bertz CT molecular complexity index is 2030. The van der Waals surface area contributed by atoms with Gasteiger partial charge in [-0.3, -0.25) is 19.4 Å². The van der Waals surface area contributed by atoms with Crippen molar-refractivity contribution in [2.45, 2.75) is 84.7 Å². The molecule has 8 heteroatoms. The van der Waals surface area contributed by atoms with Crippen LogP contribution in [0.1, 0.15) is 82.1 Å². The number of aromatic nitrogens is 2. The van der Waals surface area contributed by atoms with E-state index in [1.807, 2.05) is 4.90 Å². The number of aromatic amines is 2. The predicted octanol–water partition coefficient (Wildman–Crippen LogP) is 7.52. The summed E-state index contributed by atoms with van der Waals surface area (Å²) in [6.07, 6.45) is 16.4. The first-order valence-corrected chi connectivity index (χ1v) is 20.6. The van der Waals surface area contributed by atoms with E-state index in [0.29, 0.717) is 6.04 Å². The number of hydrogen-bond donors (Lipinski definition) is 2. The largest absolute Gasteiger partial charge is 0.361 e. The summed E-state index contributed by atoms with van der Waals surface area (Å²) < 4.78 is 0. The fraction of sp³-hybridized carbons (Fsp3) is 0.511. The maximum absolute atomic E-state index is 14.3. The first-order chi connectivity index (χ1) is 25.9. The molecule has 2 aromatic heterocycles. The molecule has 2 amide bonds. The van der Waals surface area contributed by atoms with Gasteiger partial charge < -0.3 is 19.8 Å². The van der Waals surface area contributed by atoms with Crippen LogP contribution in [0, 0.1) is 11.8 Å². The van der Waals surface area contributed by atoms with Gasteiger partial charge in [0.2, 0.25) is 11.8 Å². The fourth-order valence-corrected chi connectivity index (χ4v) is 10.0. The Hall–Kier alpha value is -4.14. The number of carbonyl (C=O) groups is 2. The third-order valence-electron chi connectivity index (χ3n) is 12.8. The molecule has 0 unspecified atom stereocenters. The zero-order chi connectivity index (χ0) is 36.6. The lowest BCUT2D eigenvalue weighted by molar-refractivity contribution is -0.135. The lowest BCUT2D eigenvalue weighted by atomic mass is 9.79. The van der Waals surface area contributed by atoms with E-state index in [4.69, 9.17) is 0 Å². The molecule has 4 heterocycles. The summed E-state index contributed by atoms with van der Waals surface area (Å²) in [6.45, 7) is 15.1. The molecule has 8 nitrogen and oxygen atoms in total. The van der Waals surface area contributed by atoms with Crippen molar-refractivity contribution < 1.29 is 9.59 Å². The van der Waals surface area contributed by atoms with Gasteiger partial charge in [-0.1, -0.05) is 56.2 Å². The molecule has 4 atom stereocenters. The third-order valence-corrected chi connectivity index (χ3v) is 12.8. The van der Waals surface area contributed by atoms with Crippen LogP contribution in [0.15, 0.2) is 60.9 Å². The number of rotatable bonds is 14. The zero-order valence-corrected chi connectivity index (χ0v) is 32.3. The molecule has 4 aliphatic rings. The minimum Gasteiger partial charge on any atom is -0.361 e. The molecular formula is C45H58N6O2. The van der Waals surface area contributed by atoms with E-state index >= 15 is 0 Å². The van der Waals surface area contributed by atoms with Crippen molar-refractivity contribution in [2.24, 2.45) is 11.8 Å². The molecule has 2 aromatic carbocycles. The summed E-state index contributed by atoms with van der Waals surface area (Å²) in [6, 6.07) is 13.7. The third kappa shape index (κ3) is 6.56. The van der Waals surface area contributed by atoms with Gasteiger partial charge >= 0.3 is 0 Å². The second-order valence-electron chi connectivity index (χ2n) is 15.8. The number of carbonyl (C=O) groups excluding carboxylic acids is 2. The molecule has 2 N–H and O–H groups in total. The van der Waals surface area contributed by atoms with E-state index in [-0.39, 0.29) is 29.7 Å². The van der Waals surface area contributed by atoms with Gasteiger partial charge in [0.05, 0.1) is 11.8 Å². The molecule has 2 aliphatic carbocycles. The topological polar surface area (TPSA) is 78.7 Å². The molecule has 53 heavy (non-hydrogen) atoms. The van der Waals surface area contributed by atoms with Crippen LogP contribution < -0.4 is 0 Å². The van der Waals surface area contributed by atoms with Gasteiger partial charge in [-0.25, -0.2) is 0 Å². The predicted molar refractivity (Wildman–Crippen MR) is 217 cm³/mol. The molecule has 2 aliphatic heterocycles. The minimum absolute atomic E-state index is 0.123. The van der Waals surface area contributed by atoms with Crippen molar-refractivity contribution in [1.82, 2.24) is 29.6 Å². The van der Waals surface area contributed by atoms with Crippen molar-refractivity contribution >= 4 is 44.8 Å². The maximum atomic E-state index is 14.3. The normalized spacial score (nSPS) is 22.3. The Balaban J connectivity index is 0.937. The molecule has 4 aromatic rings. The van der Waals surface area contributed by atoms with Crippen LogP contribution >= 0.6 is 0 Å². The van der Waals surface area contributed by atoms with Crippen LogP contribution in [0.25, 0.3) is 33.0 Å². The number of benzene rings is 2. The van der Waals surface area contributed by atoms with Gasteiger partial charge in [0.15, 0.2) is 0 Å². The summed E-state index contributed by atoms with van der Waals surface area (Å²) in [4.78, 5) is 44.3. The number of H-pyrrole nitrogens is 2. The van der Waals surface area contributed by atoms with Gasteiger partial charge in [0.1, 0.15) is 0 Å². The summed E-state index contributed by atoms with van der Waals surface area (Å²) in [5.74, 6) is 0.257. The summed E-state index contributed by atoms with van der Waals surface area (Å²) in [5, 5.41) is 2.66. The molecule has 0 saturated carbocycles. The second kappa shape index (κ2) is 15.3. The Morgan fingerprint density at radius 1 is 0.660 bits per heavy atom. The van der Waals surface area contributed by atoms with Crippen LogP contribution in [-0.2, 0) is 22.4 Å². The smallest absolute Gasteiger partial charge is 0.230 e. The van der Waals surface area contributed by atoms with Crippen molar-refractivity contribution in [1.29, 1.82) is 0 Å². The molecular weight excluding hydrogens is 657 g/mol. The van der Waals surface area contributed by atoms with Crippen LogP contribution in [0.3, 0.4) is 0 Å². The van der Waals surface area contributed by atoms with Crippen LogP contribution in [0.5, 0.6) is 0 Å². The molecule has 0 saturated heterocycles. The second-order valence-corrected chi connectivity index (χ2v) is 15.8. The first kappa shape index (κ1) is 35.9. The SMILES string of the molecule is CCCCN1C[C@H](C(=O)N(CC)CCCCCN2C[C@H](C(=O)N(CC)CC)C=C3c4cccc5[nH]cc(c45)C[C@H]32)C=C2c3cccc4[nH]cc(c34)C[C@H]21. The molecule has 280 valence electrons. The van der Waals surface area contributed by atoms with Crippen LogP contribution in [0.4, 0.5) is 0 Å². The van der Waals surface area contributed by atoms with E-state index in [9.17, 15) is 9.59 Å². The quantitative estimate of drug-likeness (QED) is 0.133. The van der Waals surface area contributed by atoms with Crippen molar-refractivity contribution in [3.8, 4) is 0 Å². The van der Waals surface area contributed by atoms with Gasteiger partial charge in [-0.15, -0.1) is 0 Å². The summed E-state index contributed by atoms with van der Waals surface area (Å²) in [5.41, 5.74) is 10.4. The van der Waals surface area contributed by atoms with E-state index in [1.165, 1.54) is 55.2 Å². The van der Waals surface area contributed by atoms with Gasteiger partial charge in [-0.2, -0.15) is 0 Å². The highest BCUT2D eigenvalue weighted by atomic mass is 16.2. The van der Waals surface area contributed by atoms with Crippen molar-refractivity contribution in [3.05, 3.63) is 83.2 Å². The number of fused-ring (bicyclic) bond motifs is 4. The van der Waals surface area contributed by atoms with E-state index < -0.39 is 0 Å². The minimum atomic E-state index is -0.133. The van der Waals surface area contributed by atoms with Gasteiger partial charge in [0, 0.05) is 85.6 Å². The lowest BCUT2D eigenvalue weighted by Gasteiger charge is -2.42. The molecule has 0 bridgehead atoms. The Morgan fingerprint density at radius 3 is 1.68 bits per heavy atom. The highest BCUT2D eigenvalue weighted by molar-refractivity contribution is 6.00. The Morgan fingerprint density at radius 2 is 1.17 bits per heavy atom. The van der Waals surface area contributed by atoms with Gasteiger partial charge in [-0.05, 0) is 111 Å². The number of unbranched alkanes of at least 4 members (excludes halogenated alkanes) is 3. The monoisotopic (exact) mass is 714 g/mol. The highest BCUT2D eigenvalue weighted by Crippen LogP contribution is 2.43. The Labute approximate surface area is 315 Å². The summed E-state index contributed by atoms with van der Waals surface area (Å²) >= 11 is 0. The number of hydrogen-bond acceptors (Lipinski definition) is 4. The van der Waals surface area contributed by atoms with Crippen molar-refractivity contribution in [3.63, 3.8) is 0 Å². The average Bonchev–Trinajstić information content (AvgIpc) is 3.81. The fourth-order valence-electron chi connectivity index (χ4n) is 10.0. The maximum Gasteiger partial charge on any atom is 0.230 e.